The molecule has 0 spiro atoms. The van der Waals surface area contributed by atoms with E-state index >= 15 is 0 Å². The number of benzene rings is 2. The van der Waals surface area contributed by atoms with Gasteiger partial charge < -0.3 is 10.6 Å². The summed E-state index contributed by atoms with van der Waals surface area (Å²) in [7, 11) is 1.50. The molecule has 1 aliphatic heterocycles. The molecule has 1 saturated carbocycles. The van der Waals surface area contributed by atoms with Crippen LogP contribution in [0.3, 0.4) is 0 Å². The van der Waals surface area contributed by atoms with Gasteiger partial charge >= 0.3 is 0 Å². The zero-order valence-corrected chi connectivity index (χ0v) is 25.6. The Bertz CT molecular complexity index is 1280. The minimum atomic E-state index is -0.540. The van der Waals surface area contributed by atoms with E-state index in [2.05, 4.69) is 40.7 Å². The number of hydrogen-bond donors (Lipinski definition) is 1. The fraction of sp³-hybridized carbons (Fsp3) is 0.424. The number of aromatic nitrogens is 2. The third-order valence-electron chi connectivity index (χ3n) is 7.34. The van der Waals surface area contributed by atoms with Crippen molar-refractivity contribution in [2.75, 3.05) is 7.05 Å². The molecule has 5 nitrogen and oxygen atoms in total. The van der Waals surface area contributed by atoms with Gasteiger partial charge in [-0.05, 0) is 56.1 Å². The minimum absolute atomic E-state index is 0.0336. The van der Waals surface area contributed by atoms with Crippen LogP contribution in [0.1, 0.15) is 75.5 Å². The van der Waals surface area contributed by atoms with E-state index in [0.717, 1.165) is 60.2 Å². The quantitative estimate of drug-likeness (QED) is 0.316. The number of rotatable bonds is 5. The maximum absolute atomic E-state index is 14.6. The number of carbonyl (C=O) groups is 1. The Morgan fingerprint density at radius 3 is 2.32 bits per heavy atom. The van der Waals surface area contributed by atoms with Crippen LogP contribution in [0.2, 0.25) is 0 Å². The van der Waals surface area contributed by atoms with Crippen molar-refractivity contribution in [2.24, 2.45) is 5.73 Å². The highest BCUT2D eigenvalue weighted by Crippen LogP contribution is 2.48. The summed E-state index contributed by atoms with van der Waals surface area (Å²) in [5.74, 6) is -1.32. The number of terminal acetylenes is 1. The molecule has 0 radical (unpaired) electrons. The van der Waals surface area contributed by atoms with Gasteiger partial charge in [-0.2, -0.15) is 0 Å². The Balaban J connectivity index is 0.000000921. The summed E-state index contributed by atoms with van der Waals surface area (Å²) in [5, 5.41) is -0.540. The van der Waals surface area contributed by atoms with Crippen LogP contribution in [0.15, 0.2) is 53.8 Å². The standard InChI is InChI=1S/C28H29F2N3OS.C2H6.C2H2.CH5N/c1-17-8-9-19(24-15-31-12-13-32-24)14-20(17)16-33(21-6-4-3-5-7-21)28(34)26-18(2)25-22(29)10-11-23(30)27(25)35-26;3*1-2/h8-15,18,21,26H,3-7,16H2,1-2H3;1-2H3;1-2H;2H2,1H3. The predicted octanol–water partition coefficient (Wildman–Crippen LogP) is 7.52. The average Bonchev–Trinajstić information content (AvgIpc) is 3.40. The molecular formula is C33H42F2N4OS. The fourth-order valence-electron chi connectivity index (χ4n) is 5.31. The second-order valence-corrected chi connectivity index (χ2v) is 10.7. The third kappa shape index (κ3) is 7.93. The Labute approximate surface area is 248 Å². The van der Waals surface area contributed by atoms with Crippen LogP contribution in [0.5, 0.6) is 0 Å². The molecule has 5 rings (SSSR count). The first-order chi connectivity index (χ1) is 19.9. The number of amides is 1. The highest BCUT2D eigenvalue weighted by atomic mass is 32.2. The van der Waals surface area contributed by atoms with E-state index in [1.165, 1.54) is 25.2 Å². The predicted molar refractivity (Wildman–Crippen MR) is 165 cm³/mol. The van der Waals surface area contributed by atoms with E-state index in [1.54, 1.807) is 18.6 Å². The summed E-state index contributed by atoms with van der Waals surface area (Å²) in [4.78, 5) is 24.9. The number of fused-ring (bicyclic) bond motifs is 1. The lowest BCUT2D eigenvalue weighted by atomic mass is 9.91. The molecular weight excluding hydrogens is 538 g/mol. The Kier molecular flexibility index (Phi) is 13.9. The summed E-state index contributed by atoms with van der Waals surface area (Å²) in [5.41, 5.74) is 8.72. The van der Waals surface area contributed by atoms with Crippen LogP contribution < -0.4 is 5.73 Å². The van der Waals surface area contributed by atoms with Crippen LogP contribution in [0.25, 0.3) is 11.3 Å². The van der Waals surface area contributed by atoms with Crippen molar-refractivity contribution in [1.29, 1.82) is 0 Å². The maximum Gasteiger partial charge on any atom is 0.237 e. The first-order valence-electron chi connectivity index (χ1n) is 14.2. The Hall–Kier alpha value is -3.28. The van der Waals surface area contributed by atoms with Crippen LogP contribution in [-0.4, -0.2) is 39.1 Å². The normalized spacial score (nSPS) is 17.4. The number of halogens is 2. The molecule has 1 aromatic heterocycles. The van der Waals surface area contributed by atoms with E-state index in [9.17, 15) is 13.6 Å². The highest BCUT2D eigenvalue weighted by Gasteiger charge is 2.42. The van der Waals surface area contributed by atoms with E-state index in [-0.39, 0.29) is 16.8 Å². The van der Waals surface area contributed by atoms with Gasteiger partial charge in [0, 0.05) is 42.0 Å². The molecule has 3 aromatic rings. The van der Waals surface area contributed by atoms with Crippen LogP contribution in [0, 0.1) is 31.4 Å². The summed E-state index contributed by atoms with van der Waals surface area (Å²) in [6, 6.07) is 8.60. The average molecular weight is 581 g/mol. The number of nitrogens with two attached hydrogens (primary N) is 1. The number of thioether (sulfide) groups is 1. The first kappa shape index (κ1) is 33.9. The molecule has 1 amide bonds. The van der Waals surface area contributed by atoms with Crippen molar-refractivity contribution in [3.05, 3.63) is 77.2 Å². The second kappa shape index (κ2) is 16.9. The first-order valence-corrected chi connectivity index (χ1v) is 15.0. The van der Waals surface area contributed by atoms with Crippen molar-refractivity contribution in [3.63, 3.8) is 0 Å². The Morgan fingerprint density at radius 1 is 1.05 bits per heavy atom. The number of hydrogen-bond acceptors (Lipinski definition) is 5. The van der Waals surface area contributed by atoms with Gasteiger partial charge in [0.2, 0.25) is 5.91 Å². The molecule has 2 unspecified atom stereocenters. The van der Waals surface area contributed by atoms with E-state index in [1.807, 2.05) is 38.7 Å². The van der Waals surface area contributed by atoms with Gasteiger partial charge in [-0.1, -0.05) is 52.2 Å². The minimum Gasteiger partial charge on any atom is -0.334 e. The van der Waals surface area contributed by atoms with Crippen LogP contribution in [-0.2, 0) is 11.3 Å². The molecule has 2 aromatic carbocycles. The largest absolute Gasteiger partial charge is 0.334 e. The molecule has 2 heterocycles. The molecule has 2 aliphatic rings. The highest BCUT2D eigenvalue weighted by molar-refractivity contribution is 8.01. The molecule has 8 heteroatoms. The molecule has 1 aliphatic carbocycles. The monoisotopic (exact) mass is 580 g/mol. The van der Waals surface area contributed by atoms with E-state index < -0.39 is 22.8 Å². The molecule has 0 bridgehead atoms. The lowest BCUT2D eigenvalue weighted by molar-refractivity contribution is -0.134. The number of aryl methyl sites for hydroxylation is 1. The third-order valence-corrected chi connectivity index (χ3v) is 8.85. The van der Waals surface area contributed by atoms with E-state index in [0.29, 0.717) is 12.1 Å². The summed E-state index contributed by atoms with van der Waals surface area (Å²) >= 11 is 1.18. The van der Waals surface area contributed by atoms with E-state index in [4.69, 9.17) is 0 Å². The SMILES string of the molecule is C#C.CC.CN.Cc1ccc(-c2cnccn2)cc1CN(C(=O)C1Sc2c(F)ccc(F)c2C1C)C1CCCCC1. The zero-order valence-electron chi connectivity index (χ0n) is 24.7. The molecule has 0 saturated heterocycles. The van der Waals surface area contributed by atoms with Crippen LogP contribution in [0.4, 0.5) is 8.78 Å². The van der Waals surface area contributed by atoms with Gasteiger partial charge in [0.25, 0.3) is 0 Å². The molecule has 2 N–H and O–H groups in total. The second-order valence-electron chi connectivity index (χ2n) is 9.59. The molecule has 220 valence electrons. The molecule has 41 heavy (non-hydrogen) atoms. The summed E-state index contributed by atoms with van der Waals surface area (Å²) in [6.45, 7) is 8.35. The molecule has 2 atom stereocenters. The Morgan fingerprint density at radius 2 is 1.71 bits per heavy atom. The van der Waals surface area contributed by atoms with Crippen molar-refractivity contribution >= 4 is 17.7 Å². The van der Waals surface area contributed by atoms with Crippen molar-refractivity contribution in [2.45, 2.75) is 88.4 Å². The van der Waals surface area contributed by atoms with Crippen molar-refractivity contribution < 1.29 is 13.6 Å². The zero-order chi connectivity index (χ0) is 30.5. The van der Waals surface area contributed by atoms with Gasteiger partial charge in [-0.15, -0.1) is 24.6 Å². The fourth-order valence-corrected chi connectivity index (χ4v) is 6.73. The van der Waals surface area contributed by atoms with Gasteiger partial charge in [0.05, 0.1) is 22.0 Å². The lowest BCUT2D eigenvalue weighted by Gasteiger charge is -2.37. The topological polar surface area (TPSA) is 72.1 Å². The summed E-state index contributed by atoms with van der Waals surface area (Å²) < 4.78 is 29.1. The smallest absolute Gasteiger partial charge is 0.237 e. The maximum atomic E-state index is 14.6. The van der Waals surface area contributed by atoms with Crippen molar-refractivity contribution in [1.82, 2.24) is 14.9 Å². The van der Waals surface area contributed by atoms with Crippen LogP contribution >= 0.6 is 11.8 Å². The number of nitrogens with zero attached hydrogens (tertiary/aromatic N) is 3. The van der Waals surface area contributed by atoms with Gasteiger partial charge in [-0.3, -0.25) is 14.8 Å². The summed E-state index contributed by atoms with van der Waals surface area (Å²) in [6.07, 6.45) is 18.3. The number of carbonyl (C=O) groups excluding carboxylic acids is 1. The molecule has 1 fully saturated rings. The van der Waals surface area contributed by atoms with Gasteiger partial charge in [0.15, 0.2) is 0 Å². The van der Waals surface area contributed by atoms with Gasteiger partial charge in [-0.25, -0.2) is 8.78 Å². The van der Waals surface area contributed by atoms with Crippen molar-refractivity contribution in [3.8, 4) is 24.1 Å². The van der Waals surface area contributed by atoms with Gasteiger partial charge in [0.1, 0.15) is 11.6 Å². The lowest BCUT2D eigenvalue weighted by Crippen LogP contribution is -2.45.